The van der Waals surface area contributed by atoms with Gasteiger partial charge in [-0.05, 0) is 23.5 Å². The molecule has 0 bridgehead atoms. The normalized spacial score (nSPS) is 10.6. The number of aromatic nitrogens is 2. The summed E-state index contributed by atoms with van der Waals surface area (Å²) in [7, 11) is 0. The van der Waals surface area contributed by atoms with Crippen LogP contribution in [-0.4, -0.2) is 32.3 Å². The quantitative estimate of drug-likeness (QED) is 0.703. The van der Waals surface area contributed by atoms with E-state index in [1.165, 1.54) is 11.5 Å². The third kappa shape index (κ3) is 4.35. The first kappa shape index (κ1) is 16.1. The third-order valence-electron chi connectivity index (χ3n) is 3.09. The molecule has 0 aliphatic rings. The summed E-state index contributed by atoms with van der Waals surface area (Å²) < 4.78 is 3.94. The molecule has 0 atom stereocenters. The summed E-state index contributed by atoms with van der Waals surface area (Å²) in [4.78, 5) is 15.3. The van der Waals surface area contributed by atoms with E-state index in [2.05, 4.69) is 32.4 Å². The van der Waals surface area contributed by atoms with Gasteiger partial charge in [-0.1, -0.05) is 64.1 Å². The molecule has 0 saturated heterocycles. The monoisotopic (exact) mass is 367 g/mol. The van der Waals surface area contributed by atoms with Crippen LogP contribution in [0.15, 0.2) is 30.3 Å². The Labute approximate surface area is 137 Å². The molecule has 4 nitrogen and oxygen atoms in total. The van der Waals surface area contributed by atoms with E-state index in [9.17, 15) is 4.79 Å². The number of hydrogen-bond donors (Lipinski definition) is 0. The van der Waals surface area contributed by atoms with Crippen molar-refractivity contribution in [1.29, 1.82) is 0 Å². The first-order valence-electron chi connectivity index (χ1n) is 6.96. The van der Waals surface area contributed by atoms with Crippen LogP contribution in [0.25, 0.3) is 0 Å². The van der Waals surface area contributed by atoms with Crippen molar-refractivity contribution < 1.29 is 4.79 Å². The molecule has 0 fully saturated rings. The first-order valence-corrected chi connectivity index (χ1v) is 8.86. The van der Waals surface area contributed by atoms with Crippen molar-refractivity contribution in [2.45, 2.75) is 26.3 Å². The van der Waals surface area contributed by atoms with Gasteiger partial charge in [0.25, 0.3) is 5.91 Å². The molecule has 0 radical (unpaired) electrons. The Balaban J connectivity index is 2.17. The predicted molar refractivity (Wildman–Crippen MR) is 88.9 cm³/mol. The molecule has 1 aromatic heterocycles. The van der Waals surface area contributed by atoms with Crippen LogP contribution in [-0.2, 0) is 13.0 Å². The number of carbonyl (C=O) groups is 1. The van der Waals surface area contributed by atoms with E-state index < -0.39 is 0 Å². The number of hydrogen-bond acceptors (Lipinski definition) is 4. The van der Waals surface area contributed by atoms with Crippen molar-refractivity contribution in [2.75, 3.05) is 11.9 Å². The molecule has 0 spiro atoms. The minimum atomic E-state index is 0.0248. The Hall–Kier alpha value is -1.27. The lowest BCUT2D eigenvalue weighted by molar-refractivity contribution is 0.0758. The summed E-state index contributed by atoms with van der Waals surface area (Å²) in [5, 5.41) is 4.84. The van der Waals surface area contributed by atoms with Gasteiger partial charge < -0.3 is 4.90 Å². The fourth-order valence-corrected chi connectivity index (χ4v) is 3.18. The van der Waals surface area contributed by atoms with Gasteiger partial charge in [0.15, 0.2) is 0 Å². The highest BCUT2D eigenvalue weighted by molar-refractivity contribution is 9.09. The molecule has 112 valence electrons. The lowest BCUT2D eigenvalue weighted by Gasteiger charge is -2.21. The van der Waals surface area contributed by atoms with Gasteiger partial charge in [-0.25, -0.2) is 0 Å². The van der Waals surface area contributed by atoms with Crippen LogP contribution in [0.2, 0.25) is 0 Å². The lowest BCUT2D eigenvalue weighted by Crippen LogP contribution is -2.32. The Bertz CT molecular complexity index is 573. The van der Waals surface area contributed by atoms with Crippen molar-refractivity contribution in [1.82, 2.24) is 14.5 Å². The molecule has 0 aliphatic carbocycles. The van der Waals surface area contributed by atoms with Gasteiger partial charge in [0.2, 0.25) is 0 Å². The molecule has 6 heteroatoms. The molecule has 1 amide bonds. The van der Waals surface area contributed by atoms with E-state index in [0.717, 1.165) is 29.4 Å². The van der Waals surface area contributed by atoms with Crippen molar-refractivity contribution in [3.05, 3.63) is 46.5 Å². The number of amides is 1. The number of benzene rings is 1. The minimum absolute atomic E-state index is 0.0248. The zero-order valence-corrected chi connectivity index (χ0v) is 14.4. The highest BCUT2D eigenvalue weighted by Crippen LogP contribution is 2.17. The molecule has 21 heavy (non-hydrogen) atoms. The number of aryl methyl sites for hydroxylation is 1. The number of carbonyl (C=O) groups excluding carboxylic acids is 1. The van der Waals surface area contributed by atoms with E-state index in [4.69, 9.17) is 0 Å². The zero-order valence-electron chi connectivity index (χ0n) is 12.0. The third-order valence-corrected chi connectivity index (χ3v) is 4.21. The minimum Gasteiger partial charge on any atom is -0.333 e. The Morgan fingerprint density at radius 1 is 1.33 bits per heavy atom. The van der Waals surface area contributed by atoms with Crippen LogP contribution in [0.1, 0.15) is 34.3 Å². The Kier molecular flexibility index (Phi) is 6.32. The van der Waals surface area contributed by atoms with Gasteiger partial charge in [-0.3, -0.25) is 4.79 Å². The van der Waals surface area contributed by atoms with Gasteiger partial charge in [0.05, 0.1) is 5.69 Å². The predicted octanol–water partition coefficient (Wildman–Crippen LogP) is 3.53. The van der Waals surface area contributed by atoms with Gasteiger partial charge in [-0.15, -0.1) is 5.10 Å². The topological polar surface area (TPSA) is 46.1 Å². The fourth-order valence-electron chi connectivity index (χ4n) is 2.07. The maximum atomic E-state index is 12.7. The van der Waals surface area contributed by atoms with Crippen LogP contribution in [0, 0.1) is 0 Å². The van der Waals surface area contributed by atoms with E-state index in [-0.39, 0.29) is 5.91 Å². The van der Waals surface area contributed by atoms with Gasteiger partial charge in [0.1, 0.15) is 4.88 Å². The second kappa shape index (κ2) is 8.24. The van der Waals surface area contributed by atoms with Gasteiger partial charge in [-0.2, -0.15) is 0 Å². The summed E-state index contributed by atoms with van der Waals surface area (Å²) >= 11 is 4.62. The number of nitrogens with zero attached hydrogens (tertiary/aromatic N) is 3. The van der Waals surface area contributed by atoms with E-state index in [0.29, 0.717) is 18.0 Å². The summed E-state index contributed by atoms with van der Waals surface area (Å²) in [5.41, 5.74) is 1.95. The fraction of sp³-hybridized carbons (Fsp3) is 0.400. The average Bonchev–Trinajstić information content (AvgIpc) is 2.96. The molecule has 1 aromatic carbocycles. The summed E-state index contributed by atoms with van der Waals surface area (Å²) in [6.45, 7) is 3.35. The average molecular weight is 368 g/mol. The molecule has 0 aliphatic heterocycles. The van der Waals surface area contributed by atoms with Crippen molar-refractivity contribution in [2.24, 2.45) is 0 Å². The molecule has 0 unspecified atom stereocenters. The molecular formula is C15H18BrN3OS. The van der Waals surface area contributed by atoms with Crippen LogP contribution in [0.5, 0.6) is 0 Å². The highest BCUT2D eigenvalue weighted by atomic mass is 79.9. The zero-order chi connectivity index (χ0) is 15.1. The highest BCUT2D eigenvalue weighted by Gasteiger charge is 2.21. The van der Waals surface area contributed by atoms with E-state index >= 15 is 0 Å². The molecular weight excluding hydrogens is 350 g/mol. The van der Waals surface area contributed by atoms with Crippen molar-refractivity contribution in [3.8, 4) is 0 Å². The van der Waals surface area contributed by atoms with Crippen molar-refractivity contribution in [3.63, 3.8) is 0 Å². The van der Waals surface area contributed by atoms with E-state index in [1.807, 2.05) is 35.2 Å². The molecule has 0 saturated carbocycles. The maximum absolute atomic E-state index is 12.7. The molecule has 2 aromatic rings. The van der Waals surface area contributed by atoms with E-state index in [1.54, 1.807) is 0 Å². The molecule has 0 N–H and O–H groups in total. The van der Waals surface area contributed by atoms with Crippen LogP contribution < -0.4 is 0 Å². The number of halogens is 1. The van der Waals surface area contributed by atoms with Gasteiger partial charge in [0, 0.05) is 18.4 Å². The van der Waals surface area contributed by atoms with Gasteiger partial charge >= 0.3 is 0 Å². The maximum Gasteiger partial charge on any atom is 0.267 e. The standard InChI is InChI=1S/C15H18BrN3OS/c1-2-6-13-14(21-18-17-13)15(20)19(10-9-16)11-12-7-4-3-5-8-12/h3-5,7-8H,2,6,9-11H2,1H3. The summed E-state index contributed by atoms with van der Waals surface area (Å²) in [5.74, 6) is 0.0248. The van der Waals surface area contributed by atoms with Crippen molar-refractivity contribution >= 4 is 33.4 Å². The van der Waals surface area contributed by atoms with Crippen LogP contribution in [0.3, 0.4) is 0 Å². The second-order valence-electron chi connectivity index (χ2n) is 4.70. The largest absolute Gasteiger partial charge is 0.333 e. The summed E-state index contributed by atoms with van der Waals surface area (Å²) in [6.07, 6.45) is 1.76. The smallest absolute Gasteiger partial charge is 0.267 e. The SMILES string of the molecule is CCCc1nnsc1C(=O)N(CCBr)Cc1ccccc1. The number of alkyl halides is 1. The van der Waals surface area contributed by atoms with Crippen LogP contribution in [0.4, 0.5) is 0 Å². The summed E-state index contributed by atoms with van der Waals surface area (Å²) in [6, 6.07) is 10.0. The Morgan fingerprint density at radius 3 is 2.76 bits per heavy atom. The second-order valence-corrected chi connectivity index (χ2v) is 6.25. The Morgan fingerprint density at radius 2 is 2.10 bits per heavy atom. The molecule has 2 rings (SSSR count). The molecule has 1 heterocycles. The number of rotatable bonds is 7. The van der Waals surface area contributed by atoms with Crippen LogP contribution >= 0.6 is 27.5 Å². The first-order chi connectivity index (χ1) is 10.3. The lowest BCUT2D eigenvalue weighted by atomic mass is 10.2.